The van der Waals surface area contributed by atoms with Crippen LogP contribution in [-0.2, 0) is 4.79 Å². The highest BCUT2D eigenvalue weighted by Crippen LogP contribution is 2.24. The third-order valence-electron chi connectivity index (χ3n) is 4.12. The highest BCUT2D eigenvalue weighted by molar-refractivity contribution is 6.02. The molecule has 1 saturated heterocycles. The minimum atomic E-state index is -0.271. The van der Waals surface area contributed by atoms with Crippen LogP contribution >= 0.6 is 0 Å². The molecule has 1 unspecified atom stereocenters. The van der Waals surface area contributed by atoms with Crippen LogP contribution in [0.25, 0.3) is 0 Å². The van der Waals surface area contributed by atoms with Crippen molar-refractivity contribution < 1.29 is 9.59 Å². The summed E-state index contributed by atoms with van der Waals surface area (Å²) >= 11 is 0. The molecule has 0 N–H and O–H groups in total. The number of likely N-dealkylation sites (tertiary alicyclic amines) is 1. The van der Waals surface area contributed by atoms with E-state index in [1.807, 2.05) is 45.9 Å². The molecule has 3 nitrogen and oxygen atoms in total. The molecule has 0 aromatic heterocycles. The largest absolute Gasteiger partial charge is 0.332 e. The van der Waals surface area contributed by atoms with Crippen molar-refractivity contribution in [2.45, 2.75) is 46.6 Å². The zero-order valence-electron chi connectivity index (χ0n) is 12.8. The van der Waals surface area contributed by atoms with Crippen LogP contribution in [0.15, 0.2) is 18.2 Å². The van der Waals surface area contributed by atoms with Gasteiger partial charge in [-0.2, -0.15) is 0 Å². The molecule has 1 fully saturated rings. The molecule has 108 valence electrons. The second kappa shape index (κ2) is 5.78. The number of rotatable bonds is 3. The Bertz CT molecular complexity index is 534. The van der Waals surface area contributed by atoms with Crippen molar-refractivity contribution in [3.63, 3.8) is 0 Å². The molecule has 2 rings (SSSR count). The van der Waals surface area contributed by atoms with E-state index in [9.17, 15) is 9.59 Å². The maximum atomic E-state index is 12.7. The number of amides is 1. The summed E-state index contributed by atoms with van der Waals surface area (Å²) in [6.45, 7) is 8.53. The van der Waals surface area contributed by atoms with E-state index in [2.05, 4.69) is 0 Å². The lowest BCUT2D eigenvalue weighted by Crippen LogP contribution is -2.42. The number of ketones is 1. The van der Waals surface area contributed by atoms with Gasteiger partial charge in [-0.3, -0.25) is 9.59 Å². The first-order chi connectivity index (χ1) is 9.41. The minimum Gasteiger partial charge on any atom is -0.332 e. The quantitative estimate of drug-likeness (QED) is 0.793. The van der Waals surface area contributed by atoms with Crippen LogP contribution in [-0.4, -0.2) is 29.2 Å². The Balaban J connectivity index is 2.23. The molecular formula is C17H23NO2. The summed E-state index contributed by atoms with van der Waals surface area (Å²) in [4.78, 5) is 26.6. The Morgan fingerprint density at radius 2 is 1.90 bits per heavy atom. The standard InChI is InChI=1S/C17H23NO2/c1-11(2)17(20)18-9-5-6-15(18)16(19)14-8-7-12(3)13(4)10-14/h7-8,10-11,15H,5-6,9H2,1-4H3. The molecule has 0 aliphatic carbocycles. The fraction of sp³-hybridized carbons (Fsp3) is 0.529. The number of carbonyl (C=O) groups excluding carboxylic acids is 2. The van der Waals surface area contributed by atoms with E-state index < -0.39 is 0 Å². The zero-order valence-corrected chi connectivity index (χ0v) is 12.8. The Hall–Kier alpha value is -1.64. The fourth-order valence-electron chi connectivity index (χ4n) is 2.72. The summed E-state index contributed by atoms with van der Waals surface area (Å²) in [6.07, 6.45) is 1.70. The average molecular weight is 273 g/mol. The monoisotopic (exact) mass is 273 g/mol. The molecular weight excluding hydrogens is 250 g/mol. The number of benzene rings is 1. The van der Waals surface area contributed by atoms with E-state index in [1.165, 1.54) is 5.56 Å². The summed E-state index contributed by atoms with van der Waals surface area (Å²) < 4.78 is 0. The molecule has 0 bridgehead atoms. The van der Waals surface area contributed by atoms with Gasteiger partial charge < -0.3 is 4.90 Å². The van der Waals surface area contributed by atoms with E-state index in [1.54, 1.807) is 4.90 Å². The number of nitrogens with zero attached hydrogens (tertiary/aromatic N) is 1. The van der Waals surface area contributed by atoms with Crippen LogP contribution in [0, 0.1) is 19.8 Å². The second-order valence-corrected chi connectivity index (χ2v) is 6.01. The SMILES string of the molecule is Cc1ccc(C(=O)C2CCCN2C(=O)C(C)C)cc1C. The molecule has 1 aromatic carbocycles. The van der Waals surface area contributed by atoms with Gasteiger partial charge in [-0.1, -0.05) is 26.0 Å². The lowest BCUT2D eigenvalue weighted by molar-refractivity contribution is -0.134. The average Bonchev–Trinajstić information content (AvgIpc) is 2.89. The minimum absolute atomic E-state index is 0.0526. The van der Waals surface area contributed by atoms with Gasteiger partial charge in [0.1, 0.15) is 0 Å². The van der Waals surface area contributed by atoms with E-state index in [-0.39, 0.29) is 23.7 Å². The number of Topliss-reactive ketones (excluding diaryl/α,β-unsaturated/α-hetero) is 1. The molecule has 20 heavy (non-hydrogen) atoms. The molecule has 1 heterocycles. The van der Waals surface area contributed by atoms with Gasteiger partial charge in [0, 0.05) is 18.0 Å². The Morgan fingerprint density at radius 1 is 1.20 bits per heavy atom. The first kappa shape index (κ1) is 14.8. The van der Waals surface area contributed by atoms with Gasteiger partial charge in [-0.25, -0.2) is 0 Å². The van der Waals surface area contributed by atoms with Crippen LogP contribution in [0.5, 0.6) is 0 Å². The zero-order chi connectivity index (χ0) is 14.9. The normalized spacial score (nSPS) is 18.6. The summed E-state index contributed by atoms with van der Waals surface area (Å²) in [5, 5.41) is 0. The van der Waals surface area contributed by atoms with Crippen LogP contribution < -0.4 is 0 Å². The van der Waals surface area contributed by atoms with Crippen LogP contribution in [0.1, 0.15) is 48.2 Å². The summed E-state index contributed by atoms with van der Waals surface area (Å²) in [5.41, 5.74) is 3.03. The predicted octanol–water partition coefficient (Wildman–Crippen LogP) is 3.13. The molecule has 3 heteroatoms. The van der Waals surface area contributed by atoms with Crippen molar-refractivity contribution in [1.29, 1.82) is 0 Å². The highest BCUT2D eigenvalue weighted by Gasteiger charge is 2.35. The lowest BCUT2D eigenvalue weighted by atomic mass is 9.98. The van der Waals surface area contributed by atoms with Crippen molar-refractivity contribution >= 4 is 11.7 Å². The molecule has 1 aromatic rings. The number of aryl methyl sites for hydroxylation is 2. The number of carbonyl (C=O) groups is 2. The maximum absolute atomic E-state index is 12.7. The number of hydrogen-bond donors (Lipinski definition) is 0. The maximum Gasteiger partial charge on any atom is 0.225 e. The molecule has 1 amide bonds. The highest BCUT2D eigenvalue weighted by atomic mass is 16.2. The van der Waals surface area contributed by atoms with Crippen molar-refractivity contribution in [3.05, 3.63) is 34.9 Å². The molecule has 0 saturated carbocycles. The third kappa shape index (κ3) is 2.77. The van der Waals surface area contributed by atoms with E-state index in [4.69, 9.17) is 0 Å². The van der Waals surface area contributed by atoms with Crippen molar-refractivity contribution in [2.24, 2.45) is 5.92 Å². The molecule has 0 spiro atoms. The summed E-state index contributed by atoms with van der Waals surface area (Å²) in [6, 6.07) is 5.52. The molecule has 1 aliphatic rings. The van der Waals surface area contributed by atoms with E-state index in [0.29, 0.717) is 6.54 Å². The lowest BCUT2D eigenvalue weighted by Gasteiger charge is -2.25. The van der Waals surface area contributed by atoms with Crippen molar-refractivity contribution in [2.75, 3.05) is 6.54 Å². The van der Waals surface area contributed by atoms with Crippen molar-refractivity contribution in [3.8, 4) is 0 Å². The smallest absolute Gasteiger partial charge is 0.225 e. The van der Waals surface area contributed by atoms with Crippen LogP contribution in [0.2, 0.25) is 0 Å². The summed E-state index contributed by atoms with van der Waals surface area (Å²) in [5.74, 6) is 0.118. The van der Waals surface area contributed by atoms with Gasteiger partial charge in [0.25, 0.3) is 0 Å². The first-order valence-corrected chi connectivity index (χ1v) is 7.33. The van der Waals surface area contributed by atoms with Gasteiger partial charge in [0.2, 0.25) is 5.91 Å². The fourth-order valence-corrected chi connectivity index (χ4v) is 2.72. The Labute approximate surface area is 121 Å². The predicted molar refractivity (Wildman–Crippen MR) is 79.8 cm³/mol. The van der Waals surface area contributed by atoms with Crippen LogP contribution in [0.4, 0.5) is 0 Å². The second-order valence-electron chi connectivity index (χ2n) is 6.01. The number of hydrogen-bond acceptors (Lipinski definition) is 2. The van der Waals surface area contributed by atoms with E-state index in [0.717, 1.165) is 24.0 Å². The topological polar surface area (TPSA) is 37.4 Å². The van der Waals surface area contributed by atoms with Gasteiger partial charge in [-0.05, 0) is 43.9 Å². The Morgan fingerprint density at radius 3 is 2.50 bits per heavy atom. The van der Waals surface area contributed by atoms with Gasteiger partial charge >= 0.3 is 0 Å². The first-order valence-electron chi connectivity index (χ1n) is 7.33. The van der Waals surface area contributed by atoms with Gasteiger partial charge in [-0.15, -0.1) is 0 Å². The molecule has 1 aliphatic heterocycles. The van der Waals surface area contributed by atoms with Gasteiger partial charge in [0.05, 0.1) is 6.04 Å². The third-order valence-corrected chi connectivity index (χ3v) is 4.12. The molecule has 0 radical (unpaired) electrons. The summed E-state index contributed by atoms with van der Waals surface area (Å²) in [7, 11) is 0. The van der Waals surface area contributed by atoms with Crippen LogP contribution in [0.3, 0.4) is 0 Å². The molecule has 1 atom stereocenters. The van der Waals surface area contributed by atoms with Crippen molar-refractivity contribution in [1.82, 2.24) is 4.90 Å². The van der Waals surface area contributed by atoms with Gasteiger partial charge in [0.15, 0.2) is 5.78 Å². The Kier molecular flexibility index (Phi) is 4.26. The van der Waals surface area contributed by atoms with E-state index >= 15 is 0 Å².